The van der Waals surface area contributed by atoms with Gasteiger partial charge in [-0.25, -0.2) is 13.1 Å². The number of nitrogens with zero attached hydrogens (tertiary/aromatic N) is 1. The van der Waals surface area contributed by atoms with Crippen molar-refractivity contribution in [3.63, 3.8) is 0 Å². The summed E-state index contributed by atoms with van der Waals surface area (Å²) in [6, 6.07) is 7.17. The first-order valence-electron chi connectivity index (χ1n) is 8.02. The number of fused-ring (bicyclic) bond motifs is 1. The molecule has 132 valence electrons. The van der Waals surface area contributed by atoms with E-state index in [1.165, 1.54) is 0 Å². The van der Waals surface area contributed by atoms with Crippen LogP contribution in [0, 0.1) is 0 Å². The van der Waals surface area contributed by atoms with Gasteiger partial charge < -0.3 is 14.4 Å². The van der Waals surface area contributed by atoms with Crippen molar-refractivity contribution in [3.05, 3.63) is 24.3 Å². The summed E-state index contributed by atoms with van der Waals surface area (Å²) >= 11 is 0. The number of rotatable bonds is 3. The Balaban J connectivity index is 1.62. The number of carbonyl (C=O) groups is 1. The minimum absolute atomic E-state index is 0.116. The number of benzene rings is 1. The molecular formula is C16H22N2O5S. The molecule has 1 saturated heterocycles. The molecule has 2 aliphatic heterocycles. The first kappa shape index (κ1) is 17.0. The van der Waals surface area contributed by atoms with Gasteiger partial charge in [0.15, 0.2) is 11.5 Å². The Morgan fingerprint density at radius 2 is 1.75 bits per heavy atom. The first-order valence-corrected chi connectivity index (χ1v) is 9.91. The van der Waals surface area contributed by atoms with Crippen molar-refractivity contribution in [1.82, 2.24) is 9.62 Å². The topological polar surface area (TPSA) is 84.9 Å². The minimum atomic E-state index is -3.22. The second-order valence-corrected chi connectivity index (χ2v) is 8.08. The molecule has 24 heavy (non-hydrogen) atoms. The van der Waals surface area contributed by atoms with E-state index in [0.29, 0.717) is 37.4 Å². The van der Waals surface area contributed by atoms with Crippen molar-refractivity contribution in [1.29, 1.82) is 0 Å². The van der Waals surface area contributed by atoms with Crippen molar-refractivity contribution >= 4 is 15.9 Å². The Morgan fingerprint density at radius 1 is 1.17 bits per heavy atom. The lowest BCUT2D eigenvalue weighted by molar-refractivity contribution is -0.145. The molecule has 3 rings (SSSR count). The SMILES string of the molecule is CC1Oc2ccccc2OC1C(=O)N1CCC(NS(C)(=O)=O)CC1. The van der Waals surface area contributed by atoms with Crippen molar-refractivity contribution in [2.45, 2.75) is 38.0 Å². The molecule has 1 N–H and O–H groups in total. The second-order valence-electron chi connectivity index (χ2n) is 6.30. The van der Waals surface area contributed by atoms with Crippen molar-refractivity contribution in [3.8, 4) is 11.5 Å². The molecule has 2 aliphatic rings. The molecule has 0 radical (unpaired) electrons. The Morgan fingerprint density at radius 3 is 2.33 bits per heavy atom. The Labute approximate surface area is 142 Å². The average molecular weight is 354 g/mol. The van der Waals surface area contributed by atoms with Gasteiger partial charge in [-0.15, -0.1) is 0 Å². The molecule has 2 heterocycles. The molecule has 7 nitrogen and oxygen atoms in total. The van der Waals surface area contributed by atoms with E-state index in [9.17, 15) is 13.2 Å². The summed E-state index contributed by atoms with van der Waals surface area (Å²) in [5.74, 6) is 1.10. The third kappa shape index (κ3) is 3.81. The van der Waals surface area contributed by atoms with Crippen LogP contribution in [0.1, 0.15) is 19.8 Å². The number of hydrogen-bond acceptors (Lipinski definition) is 5. The maximum atomic E-state index is 12.7. The molecule has 0 aliphatic carbocycles. The van der Waals surface area contributed by atoms with E-state index in [1.54, 1.807) is 11.0 Å². The van der Waals surface area contributed by atoms with Crippen LogP contribution in [0.3, 0.4) is 0 Å². The number of nitrogens with one attached hydrogen (secondary N) is 1. The number of sulfonamides is 1. The highest BCUT2D eigenvalue weighted by atomic mass is 32.2. The number of hydrogen-bond donors (Lipinski definition) is 1. The van der Waals surface area contributed by atoms with E-state index in [2.05, 4.69) is 4.72 Å². The van der Waals surface area contributed by atoms with E-state index < -0.39 is 16.1 Å². The zero-order valence-corrected chi connectivity index (χ0v) is 14.6. The predicted octanol–water partition coefficient (Wildman–Crippen LogP) is 0.755. The summed E-state index contributed by atoms with van der Waals surface area (Å²) in [6.07, 6.45) is 1.28. The molecule has 0 spiro atoms. The number of carbonyl (C=O) groups excluding carboxylic acids is 1. The fraction of sp³-hybridized carbons (Fsp3) is 0.562. The Hall–Kier alpha value is -1.80. The zero-order chi connectivity index (χ0) is 17.3. The van der Waals surface area contributed by atoms with Crippen LogP contribution < -0.4 is 14.2 Å². The summed E-state index contributed by atoms with van der Waals surface area (Å²) in [4.78, 5) is 14.5. The van der Waals surface area contributed by atoms with Gasteiger partial charge >= 0.3 is 0 Å². The third-order valence-electron chi connectivity index (χ3n) is 4.27. The highest BCUT2D eigenvalue weighted by Crippen LogP contribution is 2.34. The van der Waals surface area contributed by atoms with Crippen molar-refractivity contribution in [2.75, 3.05) is 19.3 Å². The van der Waals surface area contributed by atoms with Crippen LogP contribution in [0.4, 0.5) is 0 Å². The number of para-hydroxylation sites is 2. The lowest BCUT2D eigenvalue weighted by atomic mass is 10.0. The molecule has 0 aromatic heterocycles. The molecule has 1 fully saturated rings. The standard InChI is InChI=1S/C16H22N2O5S/c1-11-15(23-14-6-4-3-5-13(14)22-11)16(19)18-9-7-12(8-10-18)17-24(2,20)21/h3-6,11-12,15,17H,7-10H2,1-2H3. The molecule has 1 aromatic carbocycles. The fourth-order valence-electron chi connectivity index (χ4n) is 3.09. The lowest BCUT2D eigenvalue weighted by Crippen LogP contribution is -2.54. The molecule has 1 amide bonds. The molecule has 0 saturated carbocycles. The van der Waals surface area contributed by atoms with Crippen LogP contribution in [0.15, 0.2) is 24.3 Å². The van der Waals surface area contributed by atoms with E-state index in [1.807, 2.05) is 25.1 Å². The number of ether oxygens (including phenoxy) is 2. The summed E-state index contributed by atoms with van der Waals surface area (Å²) in [5, 5.41) is 0. The van der Waals surface area contributed by atoms with Crippen LogP contribution in [0.5, 0.6) is 11.5 Å². The summed E-state index contributed by atoms with van der Waals surface area (Å²) < 4.78 is 36.8. The summed E-state index contributed by atoms with van der Waals surface area (Å²) in [5.41, 5.74) is 0. The quantitative estimate of drug-likeness (QED) is 0.866. The van der Waals surface area contributed by atoms with Crippen LogP contribution in [-0.2, 0) is 14.8 Å². The van der Waals surface area contributed by atoms with E-state index in [-0.39, 0.29) is 18.1 Å². The molecular weight excluding hydrogens is 332 g/mol. The maximum absolute atomic E-state index is 12.7. The first-order chi connectivity index (χ1) is 11.3. The molecule has 8 heteroatoms. The van der Waals surface area contributed by atoms with Gasteiger partial charge in [0.25, 0.3) is 5.91 Å². The van der Waals surface area contributed by atoms with Crippen LogP contribution in [-0.4, -0.2) is 56.8 Å². The molecule has 0 bridgehead atoms. The Bertz CT molecular complexity index is 713. The monoisotopic (exact) mass is 354 g/mol. The van der Waals surface area contributed by atoms with Gasteiger partial charge in [0.05, 0.1) is 6.26 Å². The van der Waals surface area contributed by atoms with Crippen LogP contribution >= 0.6 is 0 Å². The van der Waals surface area contributed by atoms with Gasteiger partial charge in [0.2, 0.25) is 16.1 Å². The minimum Gasteiger partial charge on any atom is -0.482 e. The molecule has 2 unspecified atom stereocenters. The summed E-state index contributed by atoms with van der Waals surface area (Å²) in [6.45, 7) is 2.82. The number of piperidine rings is 1. The third-order valence-corrected chi connectivity index (χ3v) is 5.03. The Kier molecular flexibility index (Phi) is 4.69. The van der Waals surface area contributed by atoms with Gasteiger partial charge in [-0.1, -0.05) is 12.1 Å². The number of likely N-dealkylation sites (tertiary alicyclic amines) is 1. The van der Waals surface area contributed by atoms with Gasteiger partial charge in [-0.3, -0.25) is 4.79 Å². The highest BCUT2D eigenvalue weighted by molar-refractivity contribution is 7.88. The van der Waals surface area contributed by atoms with Gasteiger partial charge in [0, 0.05) is 19.1 Å². The number of amides is 1. The lowest BCUT2D eigenvalue weighted by Gasteiger charge is -2.37. The highest BCUT2D eigenvalue weighted by Gasteiger charge is 2.38. The van der Waals surface area contributed by atoms with E-state index >= 15 is 0 Å². The molecule has 2 atom stereocenters. The zero-order valence-electron chi connectivity index (χ0n) is 13.8. The van der Waals surface area contributed by atoms with Crippen LogP contribution in [0.25, 0.3) is 0 Å². The summed E-state index contributed by atoms with van der Waals surface area (Å²) in [7, 11) is -3.22. The fourth-order valence-corrected chi connectivity index (χ4v) is 3.93. The molecule has 1 aromatic rings. The average Bonchev–Trinajstić information content (AvgIpc) is 2.53. The van der Waals surface area contributed by atoms with Crippen LogP contribution in [0.2, 0.25) is 0 Å². The van der Waals surface area contributed by atoms with Gasteiger partial charge in [0.1, 0.15) is 6.10 Å². The predicted molar refractivity (Wildman–Crippen MR) is 88.5 cm³/mol. The van der Waals surface area contributed by atoms with E-state index in [0.717, 1.165) is 6.26 Å². The van der Waals surface area contributed by atoms with Gasteiger partial charge in [-0.2, -0.15) is 0 Å². The smallest absolute Gasteiger partial charge is 0.267 e. The van der Waals surface area contributed by atoms with Crippen molar-refractivity contribution < 1.29 is 22.7 Å². The normalized spacial score (nSPS) is 24.7. The van der Waals surface area contributed by atoms with E-state index in [4.69, 9.17) is 9.47 Å². The van der Waals surface area contributed by atoms with Crippen molar-refractivity contribution in [2.24, 2.45) is 0 Å². The largest absolute Gasteiger partial charge is 0.482 e. The van der Waals surface area contributed by atoms with Gasteiger partial charge in [-0.05, 0) is 31.9 Å². The second kappa shape index (κ2) is 6.60. The maximum Gasteiger partial charge on any atom is 0.267 e.